The summed E-state index contributed by atoms with van der Waals surface area (Å²) in [5.41, 5.74) is 3.82. The van der Waals surface area contributed by atoms with Gasteiger partial charge in [-0.2, -0.15) is 0 Å². The van der Waals surface area contributed by atoms with Crippen molar-refractivity contribution in [3.8, 4) is 0 Å². The highest BCUT2D eigenvalue weighted by atomic mass is 32.2. The minimum atomic E-state index is -0.119. The van der Waals surface area contributed by atoms with E-state index in [1.54, 1.807) is 12.1 Å². The summed E-state index contributed by atoms with van der Waals surface area (Å²) in [6.45, 7) is 4.93. The van der Waals surface area contributed by atoms with E-state index in [0.29, 0.717) is 23.8 Å². The quantitative estimate of drug-likeness (QED) is 0.858. The van der Waals surface area contributed by atoms with Crippen LogP contribution in [-0.2, 0) is 11.2 Å². The molecule has 0 fully saturated rings. The topological polar surface area (TPSA) is 58.2 Å². The van der Waals surface area contributed by atoms with Crippen molar-refractivity contribution in [2.75, 3.05) is 17.6 Å². The van der Waals surface area contributed by atoms with E-state index in [4.69, 9.17) is 0 Å². The molecule has 2 aromatic carbocycles. The van der Waals surface area contributed by atoms with E-state index in [1.807, 2.05) is 6.07 Å². The van der Waals surface area contributed by atoms with Gasteiger partial charge in [0.25, 0.3) is 5.91 Å². The van der Waals surface area contributed by atoms with E-state index in [1.165, 1.54) is 22.9 Å². The van der Waals surface area contributed by atoms with Gasteiger partial charge in [0.15, 0.2) is 0 Å². The number of benzene rings is 2. The van der Waals surface area contributed by atoms with Crippen LogP contribution in [-0.4, -0.2) is 24.1 Å². The fourth-order valence-corrected chi connectivity index (χ4v) is 3.50. The number of nitrogens with one attached hydrogen (secondary N) is 2. The van der Waals surface area contributed by atoms with Crippen molar-refractivity contribution in [1.29, 1.82) is 0 Å². The van der Waals surface area contributed by atoms with Crippen LogP contribution in [0.3, 0.4) is 0 Å². The molecule has 0 bridgehead atoms. The van der Waals surface area contributed by atoms with Crippen LogP contribution in [0.15, 0.2) is 47.4 Å². The first-order valence-electron chi connectivity index (χ1n) is 8.46. The van der Waals surface area contributed by atoms with Crippen LogP contribution in [0.2, 0.25) is 0 Å². The summed E-state index contributed by atoms with van der Waals surface area (Å²) < 4.78 is 0. The van der Waals surface area contributed by atoms with Gasteiger partial charge in [0.2, 0.25) is 5.91 Å². The molecule has 1 heterocycles. The van der Waals surface area contributed by atoms with Crippen molar-refractivity contribution in [2.24, 2.45) is 0 Å². The fourth-order valence-electron chi connectivity index (χ4n) is 2.72. The summed E-state index contributed by atoms with van der Waals surface area (Å²) in [7, 11) is 0. The van der Waals surface area contributed by atoms with Gasteiger partial charge in [-0.3, -0.25) is 9.59 Å². The minimum absolute atomic E-state index is 0.0279. The third-order valence-corrected chi connectivity index (χ3v) is 5.29. The number of amides is 2. The van der Waals surface area contributed by atoms with Gasteiger partial charge >= 0.3 is 0 Å². The Morgan fingerprint density at radius 1 is 1.20 bits per heavy atom. The Morgan fingerprint density at radius 3 is 2.68 bits per heavy atom. The zero-order valence-electron chi connectivity index (χ0n) is 14.5. The first-order chi connectivity index (χ1) is 12.0. The van der Waals surface area contributed by atoms with Crippen molar-refractivity contribution < 1.29 is 9.59 Å². The number of anilines is 1. The molecule has 0 spiro atoms. The van der Waals surface area contributed by atoms with Gasteiger partial charge in [-0.1, -0.05) is 38.1 Å². The maximum Gasteiger partial charge on any atom is 0.251 e. The molecule has 5 heteroatoms. The van der Waals surface area contributed by atoms with Gasteiger partial charge in [-0.05, 0) is 41.7 Å². The molecule has 0 unspecified atom stereocenters. The van der Waals surface area contributed by atoms with Gasteiger partial charge in [-0.15, -0.1) is 11.8 Å². The second kappa shape index (κ2) is 7.74. The van der Waals surface area contributed by atoms with Gasteiger partial charge in [0.1, 0.15) is 0 Å². The predicted molar refractivity (Wildman–Crippen MR) is 102 cm³/mol. The predicted octanol–water partition coefficient (Wildman–Crippen LogP) is 3.83. The van der Waals surface area contributed by atoms with Crippen molar-refractivity contribution in [1.82, 2.24) is 5.32 Å². The van der Waals surface area contributed by atoms with E-state index in [-0.39, 0.29) is 11.8 Å². The second-order valence-electron chi connectivity index (χ2n) is 6.45. The van der Waals surface area contributed by atoms with Crippen molar-refractivity contribution in [3.63, 3.8) is 0 Å². The third kappa shape index (κ3) is 4.42. The highest BCUT2D eigenvalue weighted by Crippen LogP contribution is 2.31. The third-order valence-electron chi connectivity index (χ3n) is 4.22. The highest BCUT2D eigenvalue weighted by molar-refractivity contribution is 8.00. The highest BCUT2D eigenvalue weighted by Gasteiger charge is 2.17. The maximum atomic E-state index is 12.3. The summed E-state index contributed by atoms with van der Waals surface area (Å²) in [6.07, 6.45) is 0.793. The normalized spacial score (nSPS) is 13.3. The zero-order chi connectivity index (χ0) is 17.8. The van der Waals surface area contributed by atoms with E-state index in [0.717, 1.165) is 17.0 Å². The summed E-state index contributed by atoms with van der Waals surface area (Å²) >= 11 is 1.49. The SMILES string of the molecule is CC(C)c1ccc(CCNC(=O)c2ccc3c(c2)NC(=O)CS3)cc1. The van der Waals surface area contributed by atoms with Crippen LogP contribution in [0, 0.1) is 0 Å². The van der Waals surface area contributed by atoms with E-state index in [9.17, 15) is 9.59 Å². The van der Waals surface area contributed by atoms with E-state index in [2.05, 4.69) is 48.7 Å². The number of hydrogen-bond acceptors (Lipinski definition) is 3. The molecule has 25 heavy (non-hydrogen) atoms. The van der Waals surface area contributed by atoms with Crippen LogP contribution in [0.4, 0.5) is 5.69 Å². The van der Waals surface area contributed by atoms with Crippen molar-refractivity contribution in [3.05, 3.63) is 59.2 Å². The lowest BCUT2D eigenvalue weighted by Crippen LogP contribution is -2.26. The molecule has 3 rings (SSSR count). The lowest BCUT2D eigenvalue weighted by atomic mass is 10.0. The van der Waals surface area contributed by atoms with Gasteiger partial charge in [-0.25, -0.2) is 0 Å². The molecule has 0 atom stereocenters. The Kier molecular flexibility index (Phi) is 5.43. The van der Waals surface area contributed by atoms with Crippen molar-refractivity contribution >= 4 is 29.3 Å². The summed E-state index contributed by atoms with van der Waals surface area (Å²) in [4.78, 5) is 24.8. The van der Waals surface area contributed by atoms with Gasteiger partial charge < -0.3 is 10.6 Å². The number of thioether (sulfide) groups is 1. The molecule has 1 aliphatic rings. The number of carbonyl (C=O) groups excluding carboxylic acids is 2. The molecule has 130 valence electrons. The zero-order valence-corrected chi connectivity index (χ0v) is 15.3. The molecule has 0 saturated heterocycles. The number of fused-ring (bicyclic) bond motifs is 1. The maximum absolute atomic E-state index is 12.3. The molecule has 0 saturated carbocycles. The Balaban J connectivity index is 1.56. The summed E-state index contributed by atoms with van der Waals surface area (Å²) in [5, 5.41) is 5.76. The molecular weight excluding hydrogens is 332 g/mol. The number of rotatable bonds is 5. The van der Waals surface area contributed by atoms with Gasteiger partial charge in [0.05, 0.1) is 11.4 Å². The minimum Gasteiger partial charge on any atom is -0.352 e. The second-order valence-corrected chi connectivity index (χ2v) is 7.47. The first kappa shape index (κ1) is 17.5. The molecule has 2 aromatic rings. The molecule has 0 aromatic heterocycles. The van der Waals surface area contributed by atoms with Crippen LogP contribution in [0.1, 0.15) is 41.3 Å². The lowest BCUT2D eigenvalue weighted by Gasteiger charge is -2.17. The monoisotopic (exact) mass is 354 g/mol. The molecule has 0 radical (unpaired) electrons. The molecular formula is C20H22N2O2S. The first-order valence-corrected chi connectivity index (χ1v) is 9.45. The molecule has 1 aliphatic heterocycles. The van der Waals surface area contributed by atoms with E-state index < -0.39 is 0 Å². The average Bonchev–Trinajstić information content (AvgIpc) is 2.61. The number of hydrogen-bond donors (Lipinski definition) is 2. The van der Waals surface area contributed by atoms with E-state index >= 15 is 0 Å². The van der Waals surface area contributed by atoms with Crippen LogP contribution < -0.4 is 10.6 Å². The largest absolute Gasteiger partial charge is 0.352 e. The molecule has 2 N–H and O–H groups in total. The fraction of sp³-hybridized carbons (Fsp3) is 0.300. The lowest BCUT2D eigenvalue weighted by molar-refractivity contribution is -0.113. The van der Waals surface area contributed by atoms with Crippen LogP contribution in [0.5, 0.6) is 0 Å². The van der Waals surface area contributed by atoms with Crippen LogP contribution >= 0.6 is 11.8 Å². The smallest absolute Gasteiger partial charge is 0.251 e. The summed E-state index contributed by atoms with van der Waals surface area (Å²) in [6, 6.07) is 14.0. The Hall–Kier alpha value is -2.27. The Labute approximate surface area is 152 Å². The van der Waals surface area contributed by atoms with Crippen molar-refractivity contribution in [2.45, 2.75) is 31.1 Å². The average molecular weight is 354 g/mol. The standard InChI is InChI=1S/C20H22N2O2S/c1-13(2)15-5-3-14(4-6-15)9-10-21-20(24)16-7-8-18-17(11-16)22-19(23)12-25-18/h3-8,11,13H,9-10,12H2,1-2H3,(H,21,24)(H,22,23). The Morgan fingerprint density at radius 2 is 1.96 bits per heavy atom. The van der Waals surface area contributed by atoms with Crippen LogP contribution in [0.25, 0.3) is 0 Å². The molecule has 0 aliphatic carbocycles. The van der Waals surface area contributed by atoms with Gasteiger partial charge in [0, 0.05) is 17.0 Å². The Bertz CT molecular complexity index is 785. The number of carbonyl (C=O) groups is 2. The molecule has 4 nitrogen and oxygen atoms in total. The molecule has 2 amide bonds. The summed E-state index contributed by atoms with van der Waals surface area (Å²) in [5.74, 6) is 0.802.